The van der Waals surface area contributed by atoms with Gasteiger partial charge in [-0.3, -0.25) is 9.59 Å². The van der Waals surface area contributed by atoms with Gasteiger partial charge in [-0.15, -0.1) is 0 Å². The third-order valence-electron chi connectivity index (χ3n) is 5.93. The molecule has 1 aliphatic heterocycles. The van der Waals surface area contributed by atoms with E-state index in [1.807, 2.05) is 23.9 Å². The third kappa shape index (κ3) is 5.22. The summed E-state index contributed by atoms with van der Waals surface area (Å²) < 4.78 is 21.7. The molecule has 2 N–H and O–H groups in total. The number of rotatable bonds is 6. The van der Waals surface area contributed by atoms with E-state index in [1.54, 1.807) is 42.4 Å². The Morgan fingerprint density at radius 3 is 2.58 bits per heavy atom. The number of nitrogens with zero attached hydrogens (tertiary/aromatic N) is 3. The lowest BCUT2D eigenvalue weighted by Gasteiger charge is -2.32. The molecule has 4 rings (SSSR count). The topological polar surface area (TPSA) is 90.4 Å². The number of amides is 2. The maximum Gasteiger partial charge on any atom is 0.252 e. The fourth-order valence-electron chi connectivity index (χ4n) is 3.98. The minimum absolute atomic E-state index is 0.0331. The molecule has 0 spiro atoms. The summed E-state index contributed by atoms with van der Waals surface area (Å²) in [4.78, 5) is 30.8. The van der Waals surface area contributed by atoms with Crippen LogP contribution in [0.25, 0.3) is 11.3 Å². The van der Waals surface area contributed by atoms with Crippen LogP contribution in [0.2, 0.25) is 0 Å². The Bertz CT molecular complexity index is 1180. The summed E-state index contributed by atoms with van der Waals surface area (Å²) in [5.74, 6) is -0.469. The van der Waals surface area contributed by atoms with Gasteiger partial charge < -0.3 is 19.9 Å². The normalized spacial score (nSPS) is 14.3. The maximum absolute atomic E-state index is 13.8. The lowest BCUT2D eigenvalue weighted by molar-refractivity contribution is -0.132. The van der Waals surface area contributed by atoms with Crippen molar-refractivity contribution in [1.29, 1.82) is 0 Å². The van der Waals surface area contributed by atoms with Gasteiger partial charge in [-0.25, -0.2) is 9.37 Å². The number of carbonyl (C=O) groups is 2. The van der Waals surface area contributed by atoms with E-state index in [4.69, 9.17) is 10.5 Å². The Morgan fingerprint density at radius 1 is 1.18 bits per heavy atom. The van der Waals surface area contributed by atoms with E-state index >= 15 is 0 Å². The van der Waals surface area contributed by atoms with Crippen molar-refractivity contribution in [1.82, 2.24) is 14.5 Å². The summed E-state index contributed by atoms with van der Waals surface area (Å²) >= 11 is 0. The van der Waals surface area contributed by atoms with Gasteiger partial charge in [0.1, 0.15) is 17.7 Å². The molecule has 0 radical (unpaired) electrons. The van der Waals surface area contributed by atoms with Crippen LogP contribution in [0, 0.1) is 12.7 Å². The molecule has 0 unspecified atom stereocenters. The fraction of sp³-hybridized carbons (Fsp3) is 0.320. The Hall–Kier alpha value is -3.68. The lowest BCUT2D eigenvalue weighted by atomic mass is 10.0. The van der Waals surface area contributed by atoms with Crippen LogP contribution in [0.3, 0.4) is 0 Å². The highest BCUT2D eigenvalue weighted by molar-refractivity contribution is 5.97. The Balaban J connectivity index is 1.37. The molecule has 1 fully saturated rings. The predicted molar refractivity (Wildman–Crippen MR) is 122 cm³/mol. The van der Waals surface area contributed by atoms with Crippen molar-refractivity contribution in [3.05, 3.63) is 71.4 Å². The molecule has 1 aliphatic rings. The van der Waals surface area contributed by atoms with E-state index in [2.05, 4.69) is 4.98 Å². The average molecular weight is 451 g/mol. The monoisotopic (exact) mass is 450 g/mol. The first kappa shape index (κ1) is 22.5. The SMILES string of the molecule is Cc1ccc(CC(=O)N2CCC(Oc3ccc(-c4cn(C)cn4)cc3C(N)=O)CC2)cc1F. The molecule has 2 heterocycles. The van der Waals surface area contributed by atoms with E-state index in [1.165, 1.54) is 6.07 Å². The van der Waals surface area contributed by atoms with E-state index in [9.17, 15) is 14.0 Å². The first-order valence-corrected chi connectivity index (χ1v) is 10.9. The van der Waals surface area contributed by atoms with Gasteiger partial charge in [-0.05, 0) is 42.3 Å². The second-order valence-electron chi connectivity index (χ2n) is 8.46. The summed E-state index contributed by atoms with van der Waals surface area (Å²) in [6.07, 6.45) is 4.85. The number of halogens is 1. The van der Waals surface area contributed by atoms with Crippen LogP contribution in [0.4, 0.5) is 4.39 Å². The number of ether oxygens (including phenoxy) is 1. The smallest absolute Gasteiger partial charge is 0.252 e. The summed E-state index contributed by atoms with van der Waals surface area (Å²) in [6.45, 7) is 2.77. The second kappa shape index (κ2) is 9.44. The highest BCUT2D eigenvalue weighted by atomic mass is 19.1. The van der Waals surface area contributed by atoms with Gasteiger partial charge in [0.15, 0.2) is 0 Å². The van der Waals surface area contributed by atoms with Crippen LogP contribution < -0.4 is 10.5 Å². The minimum atomic E-state index is -0.569. The number of primary amides is 1. The molecule has 33 heavy (non-hydrogen) atoms. The van der Waals surface area contributed by atoms with Crippen LogP contribution in [0.5, 0.6) is 5.75 Å². The Labute approximate surface area is 192 Å². The van der Waals surface area contributed by atoms with Crippen molar-refractivity contribution in [2.75, 3.05) is 13.1 Å². The number of hydrogen-bond acceptors (Lipinski definition) is 4. The number of piperidine rings is 1. The zero-order chi connectivity index (χ0) is 23.5. The average Bonchev–Trinajstić information content (AvgIpc) is 3.23. The van der Waals surface area contributed by atoms with Gasteiger partial charge in [-0.2, -0.15) is 0 Å². The van der Waals surface area contributed by atoms with Crippen LogP contribution in [0.15, 0.2) is 48.9 Å². The van der Waals surface area contributed by atoms with Crippen molar-refractivity contribution in [3.8, 4) is 17.0 Å². The van der Waals surface area contributed by atoms with Crippen molar-refractivity contribution >= 4 is 11.8 Å². The van der Waals surface area contributed by atoms with Crippen molar-refractivity contribution in [2.45, 2.75) is 32.3 Å². The molecular formula is C25H27FN4O3. The molecule has 2 aromatic carbocycles. The van der Waals surface area contributed by atoms with E-state index < -0.39 is 5.91 Å². The number of likely N-dealkylation sites (tertiary alicyclic amines) is 1. The molecule has 2 amide bonds. The van der Waals surface area contributed by atoms with E-state index in [-0.39, 0.29) is 24.2 Å². The van der Waals surface area contributed by atoms with Gasteiger partial charge in [0.05, 0.1) is 24.0 Å². The second-order valence-corrected chi connectivity index (χ2v) is 8.46. The van der Waals surface area contributed by atoms with Crippen molar-refractivity contribution in [3.63, 3.8) is 0 Å². The zero-order valence-corrected chi connectivity index (χ0v) is 18.8. The molecule has 172 valence electrons. The van der Waals surface area contributed by atoms with Gasteiger partial charge in [0, 0.05) is 44.7 Å². The Morgan fingerprint density at radius 2 is 1.94 bits per heavy atom. The number of benzene rings is 2. The molecule has 1 saturated heterocycles. The maximum atomic E-state index is 13.8. The molecule has 0 aliphatic carbocycles. The number of carbonyl (C=O) groups excluding carboxylic acids is 2. The number of imidazole rings is 1. The van der Waals surface area contributed by atoms with Crippen molar-refractivity contribution < 1.29 is 18.7 Å². The van der Waals surface area contributed by atoms with Crippen molar-refractivity contribution in [2.24, 2.45) is 12.8 Å². The first-order chi connectivity index (χ1) is 15.8. The Kier molecular flexibility index (Phi) is 6.44. The first-order valence-electron chi connectivity index (χ1n) is 10.9. The molecule has 1 aromatic heterocycles. The minimum Gasteiger partial charge on any atom is -0.489 e. The van der Waals surface area contributed by atoms with Gasteiger partial charge in [-0.1, -0.05) is 12.1 Å². The third-order valence-corrected chi connectivity index (χ3v) is 5.93. The lowest BCUT2D eigenvalue weighted by Crippen LogP contribution is -2.42. The zero-order valence-electron chi connectivity index (χ0n) is 18.8. The molecule has 0 atom stereocenters. The van der Waals surface area contributed by atoms with Crippen LogP contribution in [-0.4, -0.2) is 45.5 Å². The number of hydrogen-bond donors (Lipinski definition) is 1. The molecule has 3 aromatic rings. The van der Waals surface area contributed by atoms with E-state index in [0.29, 0.717) is 48.4 Å². The number of aryl methyl sites for hydroxylation is 2. The summed E-state index contributed by atoms with van der Waals surface area (Å²) in [5.41, 5.74) is 8.66. The standard InChI is InChI=1S/C25H27FN4O3/c1-16-3-4-17(11-21(16)26)12-24(31)30-9-7-19(8-10-30)33-23-6-5-18(13-20(23)25(27)32)22-14-29(2)15-28-22/h3-6,11,13-15,19H,7-10,12H2,1-2H3,(H2,27,32). The molecular weight excluding hydrogens is 423 g/mol. The highest BCUT2D eigenvalue weighted by Gasteiger charge is 2.25. The summed E-state index contributed by atoms with van der Waals surface area (Å²) in [6, 6.07) is 10.2. The molecule has 0 saturated carbocycles. The molecule has 0 bridgehead atoms. The van der Waals surface area contributed by atoms with Gasteiger partial charge >= 0.3 is 0 Å². The quantitative estimate of drug-likeness (QED) is 0.624. The van der Waals surface area contributed by atoms with Gasteiger partial charge in [0.25, 0.3) is 5.91 Å². The summed E-state index contributed by atoms with van der Waals surface area (Å²) in [5, 5.41) is 0. The van der Waals surface area contributed by atoms with Crippen LogP contribution >= 0.6 is 0 Å². The highest BCUT2D eigenvalue weighted by Crippen LogP contribution is 2.28. The van der Waals surface area contributed by atoms with Crippen LogP contribution in [-0.2, 0) is 18.3 Å². The number of aromatic nitrogens is 2. The fourth-order valence-corrected chi connectivity index (χ4v) is 3.98. The predicted octanol–water partition coefficient (Wildman–Crippen LogP) is 3.25. The summed E-state index contributed by atoms with van der Waals surface area (Å²) in [7, 11) is 1.87. The number of nitrogens with two attached hydrogens (primary N) is 1. The van der Waals surface area contributed by atoms with Gasteiger partial charge in [0.2, 0.25) is 5.91 Å². The van der Waals surface area contributed by atoms with Crippen LogP contribution in [0.1, 0.15) is 34.3 Å². The molecule has 8 heteroatoms. The molecule has 7 nitrogen and oxygen atoms in total. The largest absolute Gasteiger partial charge is 0.489 e. The van der Waals surface area contributed by atoms with E-state index in [0.717, 1.165) is 11.3 Å².